The Labute approximate surface area is 121 Å². The van der Waals surface area contributed by atoms with E-state index >= 15 is 0 Å². The summed E-state index contributed by atoms with van der Waals surface area (Å²) in [6, 6.07) is 3.83. The first-order chi connectivity index (χ1) is 9.90. The van der Waals surface area contributed by atoms with Crippen molar-refractivity contribution in [1.29, 1.82) is 0 Å². The summed E-state index contributed by atoms with van der Waals surface area (Å²) in [5, 5.41) is 19.8. The van der Waals surface area contributed by atoms with Gasteiger partial charge in [-0.3, -0.25) is 19.7 Å². The molecular weight excluding hydrogens is 280 g/mol. The van der Waals surface area contributed by atoms with E-state index in [0.717, 1.165) is 4.90 Å². The fraction of sp³-hybridized carbons (Fsp3) is 0.385. The van der Waals surface area contributed by atoms with E-state index in [0.29, 0.717) is 12.4 Å². The fourth-order valence-corrected chi connectivity index (χ4v) is 1.76. The molecule has 0 spiro atoms. The van der Waals surface area contributed by atoms with Gasteiger partial charge in [-0.1, -0.05) is 0 Å². The van der Waals surface area contributed by atoms with Crippen LogP contribution in [0.5, 0.6) is 5.75 Å². The Morgan fingerprint density at radius 1 is 1.38 bits per heavy atom. The molecule has 0 fully saturated rings. The van der Waals surface area contributed by atoms with Gasteiger partial charge in [-0.2, -0.15) is 0 Å². The largest absolute Gasteiger partial charge is 0.494 e. The van der Waals surface area contributed by atoms with Gasteiger partial charge in [0, 0.05) is 12.6 Å². The van der Waals surface area contributed by atoms with Crippen LogP contribution in [0.2, 0.25) is 0 Å². The van der Waals surface area contributed by atoms with Crippen LogP contribution in [0.25, 0.3) is 0 Å². The lowest BCUT2D eigenvalue weighted by Crippen LogP contribution is -2.35. The highest BCUT2D eigenvalue weighted by Crippen LogP contribution is 2.25. The summed E-state index contributed by atoms with van der Waals surface area (Å²) >= 11 is 0. The Morgan fingerprint density at radius 2 is 2.05 bits per heavy atom. The molecule has 0 bridgehead atoms. The zero-order chi connectivity index (χ0) is 16.0. The highest BCUT2D eigenvalue weighted by molar-refractivity contribution is 5.99. The van der Waals surface area contributed by atoms with Crippen LogP contribution < -0.4 is 4.74 Å². The highest BCUT2D eigenvalue weighted by Gasteiger charge is 2.26. The zero-order valence-electron chi connectivity index (χ0n) is 11.7. The molecule has 0 saturated carbocycles. The number of rotatable bonds is 7. The maximum atomic E-state index is 12.3. The summed E-state index contributed by atoms with van der Waals surface area (Å²) in [6.07, 6.45) is 0. The van der Waals surface area contributed by atoms with E-state index in [2.05, 4.69) is 0 Å². The Hall–Kier alpha value is -2.64. The third kappa shape index (κ3) is 4.16. The molecule has 21 heavy (non-hydrogen) atoms. The normalized spacial score (nSPS) is 10.0. The Balaban J connectivity index is 3.23. The van der Waals surface area contributed by atoms with Gasteiger partial charge >= 0.3 is 5.97 Å². The monoisotopic (exact) mass is 296 g/mol. The third-order valence-corrected chi connectivity index (χ3v) is 2.70. The molecule has 1 amide bonds. The van der Waals surface area contributed by atoms with Crippen LogP contribution in [0.15, 0.2) is 18.2 Å². The van der Waals surface area contributed by atoms with Crippen molar-refractivity contribution in [3.63, 3.8) is 0 Å². The number of amides is 1. The molecule has 114 valence electrons. The molecule has 1 aromatic carbocycles. The lowest BCUT2D eigenvalue weighted by molar-refractivity contribution is -0.385. The highest BCUT2D eigenvalue weighted by atomic mass is 16.6. The second kappa shape index (κ2) is 7.22. The van der Waals surface area contributed by atoms with Crippen molar-refractivity contribution in [2.75, 3.05) is 19.7 Å². The van der Waals surface area contributed by atoms with Gasteiger partial charge in [0.05, 0.1) is 11.5 Å². The first-order valence-corrected chi connectivity index (χ1v) is 6.33. The summed E-state index contributed by atoms with van der Waals surface area (Å²) in [6.45, 7) is 3.29. The quantitative estimate of drug-likeness (QED) is 0.603. The van der Waals surface area contributed by atoms with Crippen LogP contribution in [0.4, 0.5) is 5.69 Å². The standard InChI is InChI=1S/C13H16N2O6/c1-3-14(8-12(16)17)13(18)10-7-9(21-4-2)5-6-11(10)15(19)20/h5-7H,3-4,8H2,1-2H3,(H,16,17). The van der Waals surface area contributed by atoms with Gasteiger partial charge < -0.3 is 14.7 Å². The zero-order valence-corrected chi connectivity index (χ0v) is 11.7. The van der Waals surface area contributed by atoms with Crippen molar-refractivity contribution in [3.8, 4) is 5.75 Å². The number of nitro groups is 1. The number of benzene rings is 1. The van der Waals surface area contributed by atoms with Crippen LogP contribution in [0.3, 0.4) is 0 Å². The van der Waals surface area contributed by atoms with Gasteiger partial charge in [-0.15, -0.1) is 0 Å². The molecule has 0 saturated heterocycles. The lowest BCUT2D eigenvalue weighted by atomic mass is 10.1. The van der Waals surface area contributed by atoms with Crippen LogP contribution in [0.1, 0.15) is 24.2 Å². The van der Waals surface area contributed by atoms with E-state index < -0.39 is 23.3 Å². The number of carbonyl (C=O) groups is 2. The molecule has 1 N–H and O–H groups in total. The molecule has 1 aromatic rings. The molecule has 0 unspecified atom stereocenters. The van der Waals surface area contributed by atoms with Gasteiger partial charge in [-0.25, -0.2) is 0 Å². The van der Waals surface area contributed by atoms with Gasteiger partial charge in [0.25, 0.3) is 11.6 Å². The van der Waals surface area contributed by atoms with Gasteiger partial charge in [-0.05, 0) is 26.0 Å². The van der Waals surface area contributed by atoms with Crippen LogP contribution >= 0.6 is 0 Å². The number of carbonyl (C=O) groups excluding carboxylic acids is 1. The molecule has 0 heterocycles. The topological polar surface area (TPSA) is 110 Å². The molecule has 0 atom stereocenters. The number of hydrogen-bond acceptors (Lipinski definition) is 5. The van der Waals surface area contributed by atoms with Crippen LogP contribution in [0, 0.1) is 10.1 Å². The van der Waals surface area contributed by atoms with Crippen molar-refractivity contribution >= 4 is 17.6 Å². The predicted molar refractivity (Wildman–Crippen MR) is 73.5 cm³/mol. The number of carboxylic acid groups (broad SMARTS) is 1. The van der Waals surface area contributed by atoms with E-state index in [1.807, 2.05) is 0 Å². The Bertz CT molecular complexity index is 558. The number of hydrogen-bond donors (Lipinski definition) is 1. The molecule has 0 radical (unpaired) electrons. The van der Waals surface area contributed by atoms with E-state index in [-0.39, 0.29) is 17.8 Å². The first kappa shape index (κ1) is 16.4. The average molecular weight is 296 g/mol. The van der Waals surface area contributed by atoms with Gasteiger partial charge in [0.1, 0.15) is 17.9 Å². The second-order valence-electron chi connectivity index (χ2n) is 4.08. The molecule has 0 aliphatic heterocycles. The Morgan fingerprint density at radius 3 is 2.52 bits per heavy atom. The Kier molecular flexibility index (Phi) is 5.65. The maximum Gasteiger partial charge on any atom is 0.323 e. The molecule has 8 nitrogen and oxygen atoms in total. The van der Waals surface area contributed by atoms with Crippen LogP contribution in [-0.4, -0.2) is 46.5 Å². The molecule has 0 aliphatic rings. The lowest BCUT2D eigenvalue weighted by Gasteiger charge is -2.18. The van der Waals surface area contributed by atoms with Crippen LogP contribution in [-0.2, 0) is 4.79 Å². The van der Waals surface area contributed by atoms with Gasteiger partial charge in [0.2, 0.25) is 0 Å². The number of carboxylic acids is 1. The van der Waals surface area contributed by atoms with Gasteiger partial charge in [0.15, 0.2) is 0 Å². The van der Waals surface area contributed by atoms with E-state index in [4.69, 9.17) is 9.84 Å². The second-order valence-corrected chi connectivity index (χ2v) is 4.08. The molecular formula is C13H16N2O6. The molecule has 0 aromatic heterocycles. The summed E-state index contributed by atoms with van der Waals surface area (Å²) < 4.78 is 5.22. The number of nitro benzene ring substituents is 1. The van der Waals surface area contributed by atoms with E-state index in [9.17, 15) is 19.7 Å². The summed E-state index contributed by atoms with van der Waals surface area (Å²) in [5.41, 5.74) is -0.568. The third-order valence-electron chi connectivity index (χ3n) is 2.70. The van der Waals surface area contributed by atoms with Crippen molar-refractivity contribution in [2.45, 2.75) is 13.8 Å². The summed E-state index contributed by atoms with van der Waals surface area (Å²) in [5.74, 6) is -1.58. The first-order valence-electron chi connectivity index (χ1n) is 6.33. The van der Waals surface area contributed by atoms with Crippen molar-refractivity contribution < 1.29 is 24.4 Å². The number of likely N-dealkylation sites (N-methyl/N-ethyl adjacent to an activating group) is 1. The van der Waals surface area contributed by atoms with E-state index in [1.165, 1.54) is 18.2 Å². The van der Waals surface area contributed by atoms with Crippen molar-refractivity contribution in [2.24, 2.45) is 0 Å². The average Bonchev–Trinajstić information content (AvgIpc) is 2.43. The fourth-order valence-electron chi connectivity index (χ4n) is 1.76. The summed E-state index contributed by atoms with van der Waals surface area (Å²) in [7, 11) is 0. The number of ether oxygens (including phenoxy) is 1. The maximum absolute atomic E-state index is 12.3. The van der Waals surface area contributed by atoms with E-state index in [1.54, 1.807) is 13.8 Å². The number of aliphatic carboxylic acids is 1. The smallest absolute Gasteiger partial charge is 0.323 e. The number of nitrogens with zero attached hydrogens (tertiary/aromatic N) is 2. The SMILES string of the molecule is CCOc1ccc([N+](=O)[O-])c(C(=O)N(CC)CC(=O)O)c1. The van der Waals surface area contributed by atoms with Crippen molar-refractivity contribution in [1.82, 2.24) is 4.90 Å². The minimum Gasteiger partial charge on any atom is -0.494 e. The predicted octanol–water partition coefficient (Wildman–Crippen LogP) is 1.54. The summed E-state index contributed by atoms with van der Waals surface area (Å²) in [4.78, 5) is 34.4. The minimum absolute atomic E-state index is 0.126. The van der Waals surface area contributed by atoms with Crippen molar-refractivity contribution in [3.05, 3.63) is 33.9 Å². The molecule has 1 rings (SSSR count). The molecule has 8 heteroatoms. The minimum atomic E-state index is -1.19. The molecule has 0 aliphatic carbocycles.